The van der Waals surface area contributed by atoms with Gasteiger partial charge in [0.2, 0.25) is 0 Å². The summed E-state index contributed by atoms with van der Waals surface area (Å²) < 4.78 is 0. The molecule has 0 aliphatic rings. The highest BCUT2D eigenvalue weighted by atomic mass is 32.1. The molecule has 2 nitrogen and oxygen atoms in total. The van der Waals surface area contributed by atoms with Crippen LogP contribution in [0.2, 0.25) is 0 Å². The van der Waals surface area contributed by atoms with Gasteiger partial charge in [0.1, 0.15) is 5.01 Å². The number of benzene rings is 1. The molecule has 0 aliphatic heterocycles. The Kier molecular flexibility index (Phi) is 4.25. The second kappa shape index (κ2) is 6.31. The predicted molar refractivity (Wildman–Crippen MR) is 88.5 cm³/mol. The molecule has 3 aromatic rings. The number of hydrogen-bond donors (Lipinski definition) is 1. The van der Waals surface area contributed by atoms with Gasteiger partial charge in [-0.05, 0) is 31.5 Å². The van der Waals surface area contributed by atoms with Crippen molar-refractivity contribution in [3.8, 4) is 21.8 Å². The molecule has 0 saturated carbocycles. The number of thiophene rings is 1. The molecule has 2 aromatic heterocycles. The maximum Gasteiger partial charge on any atom is 0.125 e. The van der Waals surface area contributed by atoms with Crippen molar-refractivity contribution in [3.05, 3.63) is 52.0 Å². The molecular weight excluding hydrogens is 284 g/mol. The van der Waals surface area contributed by atoms with Crippen molar-refractivity contribution < 1.29 is 0 Å². The molecule has 0 radical (unpaired) electrons. The summed E-state index contributed by atoms with van der Waals surface area (Å²) in [5, 5.41) is 8.61. The minimum Gasteiger partial charge on any atom is -0.319 e. The van der Waals surface area contributed by atoms with Gasteiger partial charge in [0.15, 0.2) is 0 Å². The van der Waals surface area contributed by atoms with Crippen LogP contribution in [0.4, 0.5) is 0 Å². The molecule has 0 amide bonds. The molecule has 2 heterocycles. The Bertz CT molecular complexity index is 657. The Hall–Kier alpha value is -1.49. The molecule has 3 rings (SSSR count). The highest BCUT2D eigenvalue weighted by molar-refractivity contribution is 7.16. The molecule has 4 heteroatoms. The fourth-order valence-corrected chi connectivity index (χ4v) is 3.89. The minimum atomic E-state index is 0.977. The summed E-state index contributed by atoms with van der Waals surface area (Å²) >= 11 is 3.53. The number of hydrogen-bond acceptors (Lipinski definition) is 4. The van der Waals surface area contributed by atoms with E-state index in [9.17, 15) is 0 Å². The normalized spacial score (nSPS) is 10.8. The van der Waals surface area contributed by atoms with E-state index >= 15 is 0 Å². The van der Waals surface area contributed by atoms with Gasteiger partial charge in [-0.2, -0.15) is 11.3 Å². The lowest BCUT2D eigenvalue weighted by Crippen LogP contribution is -2.09. The third kappa shape index (κ3) is 2.82. The quantitative estimate of drug-likeness (QED) is 0.760. The molecule has 0 aliphatic carbocycles. The number of aromatic nitrogens is 1. The molecule has 1 N–H and O–H groups in total. The molecule has 102 valence electrons. The largest absolute Gasteiger partial charge is 0.319 e. The zero-order chi connectivity index (χ0) is 13.8. The van der Waals surface area contributed by atoms with E-state index in [0.29, 0.717) is 0 Å². The summed E-state index contributed by atoms with van der Waals surface area (Å²) in [5.41, 5.74) is 3.57. The molecule has 20 heavy (non-hydrogen) atoms. The van der Waals surface area contributed by atoms with Crippen LogP contribution in [0.25, 0.3) is 21.8 Å². The van der Waals surface area contributed by atoms with Gasteiger partial charge in [-0.3, -0.25) is 0 Å². The van der Waals surface area contributed by atoms with Gasteiger partial charge >= 0.3 is 0 Å². The maximum absolute atomic E-state index is 4.87. The van der Waals surface area contributed by atoms with E-state index in [-0.39, 0.29) is 0 Å². The molecular formula is C16H16N2S2. The summed E-state index contributed by atoms with van der Waals surface area (Å²) in [7, 11) is 1.99. The summed E-state index contributed by atoms with van der Waals surface area (Å²) in [6.45, 7) is 0.977. The van der Waals surface area contributed by atoms with Crippen LogP contribution in [0.5, 0.6) is 0 Å². The summed E-state index contributed by atoms with van der Waals surface area (Å²) in [5.74, 6) is 0. The zero-order valence-electron chi connectivity index (χ0n) is 11.3. The van der Waals surface area contributed by atoms with Gasteiger partial charge in [0.05, 0.1) is 5.69 Å². The molecule has 1 aromatic carbocycles. The van der Waals surface area contributed by atoms with Crippen molar-refractivity contribution in [2.24, 2.45) is 0 Å². The lowest BCUT2D eigenvalue weighted by Gasteiger charge is -2.01. The molecule has 0 spiro atoms. The first-order chi connectivity index (χ1) is 9.88. The van der Waals surface area contributed by atoms with Crippen LogP contribution in [-0.2, 0) is 6.42 Å². The topological polar surface area (TPSA) is 24.9 Å². The summed E-state index contributed by atoms with van der Waals surface area (Å²) in [6, 6.07) is 12.6. The number of nitrogens with zero attached hydrogens (tertiary/aromatic N) is 1. The van der Waals surface area contributed by atoms with Crippen LogP contribution < -0.4 is 5.32 Å². The lowest BCUT2D eigenvalue weighted by atomic mass is 10.1. The Morgan fingerprint density at radius 2 is 1.95 bits per heavy atom. The monoisotopic (exact) mass is 300 g/mol. The Balaban J connectivity index is 2.02. The average Bonchev–Trinajstić information content (AvgIpc) is 3.15. The maximum atomic E-state index is 4.87. The second-order valence-corrected chi connectivity index (χ2v) is 6.39. The lowest BCUT2D eigenvalue weighted by molar-refractivity contribution is 0.799. The summed E-state index contributed by atoms with van der Waals surface area (Å²) in [4.78, 5) is 6.23. The van der Waals surface area contributed by atoms with Gasteiger partial charge in [0, 0.05) is 21.4 Å². The average molecular weight is 300 g/mol. The molecule has 0 unspecified atom stereocenters. The van der Waals surface area contributed by atoms with E-state index in [1.54, 1.807) is 11.3 Å². The fourth-order valence-electron chi connectivity index (χ4n) is 2.09. The van der Waals surface area contributed by atoms with Crippen LogP contribution in [0, 0.1) is 0 Å². The molecule has 0 fully saturated rings. The van der Waals surface area contributed by atoms with Crippen molar-refractivity contribution in [2.75, 3.05) is 13.6 Å². The van der Waals surface area contributed by atoms with Gasteiger partial charge in [-0.15, -0.1) is 11.3 Å². The highest BCUT2D eigenvalue weighted by Crippen LogP contribution is 2.34. The van der Waals surface area contributed by atoms with Gasteiger partial charge in [-0.25, -0.2) is 4.98 Å². The first kappa shape index (κ1) is 13.5. The molecule has 0 atom stereocenters. The number of likely N-dealkylation sites (N-methyl/N-ethyl adjacent to an activating group) is 1. The van der Waals surface area contributed by atoms with Crippen LogP contribution in [0.3, 0.4) is 0 Å². The van der Waals surface area contributed by atoms with Crippen molar-refractivity contribution in [2.45, 2.75) is 6.42 Å². The van der Waals surface area contributed by atoms with Gasteiger partial charge in [-0.1, -0.05) is 30.3 Å². The van der Waals surface area contributed by atoms with Crippen molar-refractivity contribution in [3.63, 3.8) is 0 Å². The van der Waals surface area contributed by atoms with Gasteiger partial charge in [0.25, 0.3) is 0 Å². The Labute approximate surface area is 127 Å². The van der Waals surface area contributed by atoms with E-state index in [0.717, 1.165) is 23.7 Å². The number of nitrogens with one attached hydrogen (secondary N) is 1. The SMILES string of the molecule is CNCCc1sc(-c2ccsc2)nc1-c1ccccc1. The van der Waals surface area contributed by atoms with Gasteiger partial charge < -0.3 is 5.32 Å². The van der Waals surface area contributed by atoms with E-state index < -0.39 is 0 Å². The third-order valence-electron chi connectivity index (χ3n) is 3.11. The first-order valence-corrected chi connectivity index (χ1v) is 8.36. The van der Waals surface area contributed by atoms with Crippen molar-refractivity contribution >= 4 is 22.7 Å². The molecule has 0 saturated heterocycles. The van der Waals surface area contributed by atoms with Crippen LogP contribution in [0.15, 0.2) is 47.2 Å². The first-order valence-electron chi connectivity index (χ1n) is 6.61. The highest BCUT2D eigenvalue weighted by Gasteiger charge is 2.13. The Morgan fingerprint density at radius 1 is 1.10 bits per heavy atom. The Morgan fingerprint density at radius 3 is 2.65 bits per heavy atom. The third-order valence-corrected chi connectivity index (χ3v) is 4.96. The standard InChI is InChI=1S/C16H16N2S2/c1-17-9-7-14-15(12-5-3-2-4-6-12)18-16(20-14)13-8-10-19-11-13/h2-6,8,10-11,17H,7,9H2,1H3. The van der Waals surface area contributed by atoms with Crippen molar-refractivity contribution in [1.82, 2.24) is 10.3 Å². The van der Waals surface area contributed by atoms with E-state index in [4.69, 9.17) is 4.98 Å². The molecule has 0 bridgehead atoms. The second-order valence-electron chi connectivity index (χ2n) is 4.52. The van der Waals surface area contributed by atoms with E-state index in [1.165, 1.54) is 16.0 Å². The fraction of sp³-hybridized carbons (Fsp3) is 0.188. The number of thiazole rings is 1. The van der Waals surface area contributed by atoms with E-state index in [2.05, 4.69) is 46.4 Å². The zero-order valence-corrected chi connectivity index (χ0v) is 12.9. The minimum absolute atomic E-state index is 0.977. The van der Waals surface area contributed by atoms with Crippen LogP contribution in [0.1, 0.15) is 4.88 Å². The number of rotatable bonds is 5. The van der Waals surface area contributed by atoms with Crippen molar-refractivity contribution in [1.29, 1.82) is 0 Å². The summed E-state index contributed by atoms with van der Waals surface area (Å²) in [6.07, 6.45) is 1.02. The van der Waals surface area contributed by atoms with Crippen LogP contribution in [-0.4, -0.2) is 18.6 Å². The van der Waals surface area contributed by atoms with Crippen LogP contribution >= 0.6 is 22.7 Å². The smallest absolute Gasteiger partial charge is 0.125 e. The predicted octanol–water partition coefficient (Wildman–Crippen LogP) is 4.30. The van der Waals surface area contributed by atoms with E-state index in [1.807, 2.05) is 24.5 Å².